The van der Waals surface area contributed by atoms with E-state index in [-0.39, 0.29) is 5.91 Å². The van der Waals surface area contributed by atoms with Gasteiger partial charge in [0, 0.05) is 17.5 Å². The van der Waals surface area contributed by atoms with E-state index in [2.05, 4.69) is 4.98 Å². The van der Waals surface area contributed by atoms with Crippen molar-refractivity contribution in [3.05, 3.63) is 64.2 Å². The third-order valence-corrected chi connectivity index (χ3v) is 4.20. The second-order valence-electron chi connectivity index (χ2n) is 5.03. The fraction of sp³-hybridized carbons (Fsp3) is 0.176. The fourth-order valence-corrected chi connectivity index (χ4v) is 2.95. The first-order valence-electron chi connectivity index (χ1n) is 6.96. The van der Waals surface area contributed by atoms with Gasteiger partial charge in [0.25, 0.3) is 5.91 Å². The van der Waals surface area contributed by atoms with Crippen molar-refractivity contribution in [2.75, 3.05) is 7.05 Å². The molecule has 4 nitrogen and oxygen atoms in total. The topological polar surface area (TPSA) is 46.3 Å². The van der Waals surface area contributed by atoms with Crippen molar-refractivity contribution < 1.29 is 9.21 Å². The van der Waals surface area contributed by atoms with Gasteiger partial charge in [0.2, 0.25) is 5.89 Å². The Bertz CT molecular complexity index is 763. The molecule has 2 heterocycles. The molecule has 5 heteroatoms. The van der Waals surface area contributed by atoms with E-state index in [4.69, 9.17) is 4.42 Å². The Morgan fingerprint density at radius 3 is 2.68 bits per heavy atom. The molecule has 3 rings (SSSR count). The lowest BCUT2D eigenvalue weighted by Crippen LogP contribution is -2.26. The maximum Gasteiger partial charge on any atom is 0.276 e. The molecule has 0 atom stereocenters. The molecular weight excluding hydrogens is 296 g/mol. The average molecular weight is 312 g/mol. The minimum Gasteiger partial charge on any atom is -0.441 e. The summed E-state index contributed by atoms with van der Waals surface area (Å²) >= 11 is 1.63. The van der Waals surface area contributed by atoms with Crippen LogP contribution in [0.2, 0.25) is 0 Å². The molecule has 0 unspecified atom stereocenters. The van der Waals surface area contributed by atoms with Crippen LogP contribution in [0, 0.1) is 6.92 Å². The number of hydrogen-bond donors (Lipinski definition) is 0. The molecule has 1 aromatic carbocycles. The lowest BCUT2D eigenvalue weighted by atomic mass is 10.2. The van der Waals surface area contributed by atoms with Gasteiger partial charge in [0.15, 0.2) is 5.69 Å². The number of hydrogen-bond acceptors (Lipinski definition) is 4. The zero-order valence-electron chi connectivity index (χ0n) is 12.4. The number of benzene rings is 1. The highest BCUT2D eigenvalue weighted by atomic mass is 32.1. The molecule has 0 saturated heterocycles. The van der Waals surface area contributed by atoms with Crippen LogP contribution in [0.4, 0.5) is 0 Å². The molecule has 1 amide bonds. The van der Waals surface area contributed by atoms with E-state index in [0.717, 1.165) is 10.4 Å². The van der Waals surface area contributed by atoms with Crippen LogP contribution in [-0.2, 0) is 6.54 Å². The Balaban J connectivity index is 1.82. The summed E-state index contributed by atoms with van der Waals surface area (Å²) in [6.07, 6.45) is 0. The van der Waals surface area contributed by atoms with Crippen LogP contribution in [0.5, 0.6) is 0 Å². The van der Waals surface area contributed by atoms with Crippen LogP contribution in [0.3, 0.4) is 0 Å². The zero-order valence-corrected chi connectivity index (χ0v) is 13.3. The van der Waals surface area contributed by atoms with Crippen LogP contribution in [0.25, 0.3) is 11.5 Å². The van der Waals surface area contributed by atoms with Gasteiger partial charge in [-0.3, -0.25) is 4.79 Å². The summed E-state index contributed by atoms with van der Waals surface area (Å²) < 4.78 is 5.65. The Labute approximate surface area is 133 Å². The number of aromatic nitrogens is 1. The predicted octanol–water partition coefficient (Wildman–Crippen LogP) is 3.98. The molecule has 0 radical (unpaired) electrons. The van der Waals surface area contributed by atoms with Crippen molar-refractivity contribution in [2.24, 2.45) is 0 Å². The summed E-state index contributed by atoms with van der Waals surface area (Å²) in [4.78, 5) is 19.7. The molecule has 112 valence electrons. The van der Waals surface area contributed by atoms with Gasteiger partial charge in [-0.1, -0.05) is 24.3 Å². The van der Waals surface area contributed by atoms with Gasteiger partial charge < -0.3 is 9.32 Å². The number of amides is 1. The van der Waals surface area contributed by atoms with E-state index >= 15 is 0 Å². The van der Waals surface area contributed by atoms with Crippen LogP contribution < -0.4 is 0 Å². The molecular formula is C17H16N2O2S. The van der Waals surface area contributed by atoms with E-state index < -0.39 is 0 Å². The molecule has 22 heavy (non-hydrogen) atoms. The summed E-state index contributed by atoms with van der Waals surface area (Å²) in [7, 11) is 1.78. The zero-order chi connectivity index (χ0) is 15.5. The van der Waals surface area contributed by atoms with Gasteiger partial charge in [-0.05, 0) is 30.5 Å². The molecule has 2 aromatic heterocycles. The van der Waals surface area contributed by atoms with Gasteiger partial charge in [0.1, 0.15) is 5.76 Å². The number of carbonyl (C=O) groups is 1. The Morgan fingerprint density at radius 2 is 2.00 bits per heavy atom. The van der Waals surface area contributed by atoms with E-state index in [0.29, 0.717) is 23.9 Å². The number of nitrogens with zero attached hydrogens (tertiary/aromatic N) is 2. The molecule has 0 aliphatic rings. The third kappa shape index (κ3) is 2.94. The lowest BCUT2D eigenvalue weighted by molar-refractivity contribution is 0.0779. The van der Waals surface area contributed by atoms with Crippen molar-refractivity contribution in [3.8, 4) is 11.5 Å². The number of aryl methyl sites for hydroxylation is 1. The SMILES string of the molecule is Cc1oc(-c2ccccc2)nc1C(=O)N(C)Cc1cccs1. The Kier molecular flexibility index (Phi) is 4.06. The van der Waals surface area contributed by atoms with Crippen LogP contribution in [0.1, 0.15) is 21.1 Å². The number of thiophene rings is 1. The first-order valence-corrected chi connectivity index (χ1v) is 7.84. The van der Waals surface area contributed by atoms with Gasteiger partial charge in [0.05, 0.1) is 6.54 Å². The smallest absolute Gasteiger partial charge is 0.276 e. The van der Waals surface area contributed by atoms with Crippen molar-refractivity contribution in [1.29, 1.82) is 0 Å². The summed E-state index contributed by atoms with van der Waals surface area (Å²) in [5.41, 5.74) is 1.24. The highest BCUT2D eigenvalue weighted by Crippen LogP contribution is 2.22. The normalized spacial score (nSPS) is 10.6. The summed E-state index contributed by atoms with van der Waals surface area (Å²) in [5, 5.41) is 2.00. The Morgan fingerprint density at radius 1 is 1.23 bits per heavy atom. The molecule has 0 aliphatic heterocycles. The second kappa shape index (κ2) is 6.15. The van der Waals surface area contributed by atoms with Gasteiger partial charge in [-0.2, -0.15) is 0 Å². The van der Waals surface area contributed by atoms with Gasteiger partial charge in [-0.15, -0.1) is 11.3 Å². The maximum absolute atomic E-state index is 12.5. The number of carbonyl (C=O) groups excluding carboxylic acids is 1. The highest BCUT2D eigenvalue weighted by molar-refractivity contribution is 7.09. The largest absolute Gasteiger partial charge is 0.441 e. The van der Waals surface area contributed by atoms with E-state index in [1.165, 1.54) is 0 Å². The van der Waals surface area contributed by atoms with E-state index in [1.807, 2.05) is 47.8 Å². The second-order valence-corrected chi connectivity index (χ2v) is 6.06. The number of oxazole rings is 1. The van der Waals surface area contributed by atoms with Crippen molar-refractivity contribution >= 4 is 17.2 Å². The summed E-state index contributed by atoms with van der Waals surface area (Å²) in [6, 6.07) is 13.6. The van der Waals surface area contributed by atoms with Gasteiger partial charge >= 0.3 is 0 Å². The van der Waals surface area contributed by atoms with Crippen molar-refractivity contribution in [1.82, 2.24) is 9.88 Å². The molecule has 0 spiro atoms. The van der Waals surface area contributed by atoms with Crippen LogP contribution in [0.15, 0.2) is 52.3 Å². The standard InChI is InChI=1S/C17H16N2O2S/c1-12-15(17(20)19(2)11-14-9-6-10-22-14)18-16(21-12)13-7-4-3-5-8-13/h3-10H,11H2,1-2H3. The van der Waals surface area contributed by atoms with Crippen LogP contribution >= 0.6 is 11.3 Å². The monoisotopic (exact) mass is 312 g/mol. The van der Waals surface area contributed by atoms with Crippen LogP contribution in [-0.4, -0.2) is 22.8 Å². The molecule has 0 N–H and O–H groups in total. The first kappa shape index (κ1) is 14.5. The molecule has 0 bridgehead atoms. The summed E-state index contributed by atoms with van der Waals surface area (Å²) in [5.74, 6) is 0.893. The molecule has 0 aliphatic carbocycles. The maximum atomic E-state index is 12.5. The van der Waals surface area contributed by atoms with Crippen molar-refractivity contribution in [3.63, 3.8) is 0 Å². The van der Waals surface area contributed by atoms with Gasteiger partial charge in [-0.25, -0.2) is 4.98 Å². The first-order chi connectivity index (χ1) is 10.6. The molecule has 0 saturated carbocycles. The fourth-order valence-electron chi connectivity index (χ4n) is 2.19. The quantitative estimate of drug-likeness (QED) is 0.732. The highest BCUT2D eigenvalue weighted by Gasteiger charge is 2.21. The van der Waals surface area contributed by atoms with E-state index in [1.54, 1.807) is 30.2 Å². The Hall–Kier alpha value is -2.40. The van der Waals surface area contributed by atoms with Crippen molar-refractivity contribution in [2.45, 2.75) is 13.5 Å². The lowest BCUT2D eigenvalue weighted by Gasteiger charge is -2.14. The van der Waals surface area contributed by atoms with E-state index in [9.17, 15) is 4.79 Å². The minimum atomic E-state index is -0.128. The average Bonchev–Trinajstić information content (AvgIpc) is 3.17. The molecule has 0 fully saturated rings. The number of rotatable bonds is 4. The predicted molar refractivity (Wildman–Crippen MR) is 86.8 cm³/mol. The minimum absolute atomic E-state index is 0.128. The summed E-state index contributed by atoms with van der Waals surface area (Å²) in [6.45, 7) is 2.34. The third-order valence-electron chi connectivity index (χ3n) is 3.34. The molecule has 3 aromatic rings.